The number of carbonyl (C=O) groups excluding carboxylic acids is 1. The molecule has 0 spiro atoms. The molecule has 1 aliphatic rings. The van der Waals surface area contributed by atoms with Crippen LogP contribution < -0.4 is 11.0 Å². The van der Waals surface area contributed by atoms with Gasteiger partial charge in [-0.3, -0.25) is 9.36 Å². The van der Waals surface area contributed by atoms with Gasteiger partial charge in [-0.15, -0.1) is 5.10 Å². The van der Waals surface area contributed by atoms with Gasteiger partial charge in [-0.25, -0.2) is 9.89 Å². The van der Waals surface area contributed by atoms with E-state index in [2.05, 4.69) is 35.4 Å². The van der Waals surface area contributed by atoms with Gasteiger partial charge in [-0.1, -0.05) is 43.8 Å². The van der Waals surface area contributed by atoms with E-state index >= 15 is 0 Å². The summed E-state index contributed by atoms with van der Waals surface area (Å²) in [6, 6.07) is 8.14. The van der Waals surface area contributed by atoms with Crippen molar-refractivity contribution < 1.29 is 4.79 Å². The van der Waals surface area contributed by atoms with Crippen LogP contribution in [0.15, 0.2) is 34.2 Å². The van der Waals surface area contributed by atoms with E-state index in [0.717, 1.165) is 30.5 Å². The molecule has 1 aliphatic carbocycles. The molecule has 1 aromatic heterocycles. The number of carbonyl (C=O) groups is 1. The predicted octanol–water partition coefficient (Wildman–Crippen LogP) is 3.54. The first-order chi connectivity index (χ1) is 12.0. The topological polar surface area (TPSA) is 79.8 Å². The number of para-hydroxylation sites is 1. The number of benzene rings is 1. The van der Waals surface area contributed by atoms with Crippen LogP contribution in [0, 0.1) is 0 Å². The van der Waals surface area contributed by atoms with Crippen molar-refractivity contribution in [2.24, 2.45) is 0 Å². The number of amides is 1. The number of hydrogen-bond acceptors (Lipinski definition) is 4. The van der Waals surface area contributed by atoms with Crippen molar-refractivity contribution in [1.82, 2.24) is 14.8 Å². The molecule has 1 aromatic carbocycles. The van der Waals surface area contributed by atoms with Crippen molar-refractivity contribution in [3.63, 3.8) is 0 Å². The van der Waals surface area contributed by atoms with Crippen LogP contribution >= 0.6 is 11.8 Å². The van der Waals surface area contributed by atoms with E-state index in [1.165, 1.54) is 11.8 Å². The lowest BCUT2D eigenvalue weighted by Crippen LogP contribution is -2.24. The fourth-order valence-corrected chi connectivity index (χ4v) is 3.66. The third-order valence-corrected chi connectivity index (χ3v) is 5.66. The van der Waals surface area contributed by atoms with Crippen molar-refractivity contribution in [1.29, 1.82) is 0 Å². The Bertz CT molecular complexity index is 809. The second-order valence-electron chi connectivity index (χ2n) is 6.56. The van der Waals surface area contributed by atoms with Crippen molar-refractivity contribution in [3.8, 4) is 0 Å². The monoisotopic (exact) mass is 360 g/mol. The summed E-state index contributed by atoms with van der Waals surface area (Å²) in [7, 11) is 0. The molecule has 3 rings (SSSR count). The summed E-state index contributed by atoms with van der Waals surface area (Å²) in [5.74, 6) is 0.296. The number of hydrogen-bond donors (Lipinski definition) is 2. The Morgan fingerprint density at radius 2 is 2.12 bits per heavy atom. The molecule has 6 nitrogen and oxygen atoms in total. The fraction of sp³-hybridized carbons (Fsp3) is 0.500. The molecule has 1 heterocycles. The second kappa shape index (κ2) is 7.47. The molecule has 0 saturated heterocycles. The third kappa shape index (κ3) is 3.98. The summed E-state index contributed by atoms with van der Waals surface area (Å²) >= 11 is 1.32. The van der Waals surface area contributed by atoms with Crippen LogP contribution in [0.1, 0.15) is 57.6 Å². The number of rotatable bonds is 7. The van der Waals surface area contributed by atoms with Crippen LogP contribution in [-0.4, -0.2) is 25.9 Å². The highest BCUT2D eigenvalue weighted by Gasteiger charge is 2.30. The van der Waals surface area contributed by atoms with Gasteiger partial charge in [0.2, 0.25) is 5.91 Å². The molecule has 2 atom stereocenters. The average molecular weight is 360 g/mol. The van der Waals surface area contributed by atoms with E-state index in [1.807, 2.05) is 25.1 Å². The van der Waals surface area contributed by atoms with Gasteiger partial charge in [0, 0.05) is 11.7 Å². The zero-order chi connectivity index (χ0) is 18.0. The lowest BCUT2D eigenvalue weighted by molar-refractivity contribution is -0.115. The Morgan fingerprint density at radius 1 is 1.40 bits per heavy atom. The molecule has 134 valence electrons. The Balaban J connectivity index is 1.71. The predicted molar refractivity (Wildman–Crippen MR) is 100 cm³/mol. The van der Waals surface area contributed by atoms with Crippen LogP contribution in [-0.2, 0) is 4.79 Å². The molecule has 7 heteroatoms. The summed E-state index contributed by atoms with van der Waals surface area (Å²) < 4.78 is 1.67. The molecule has 2 aromatic rings. The summed E-state index contributed by atoms with van der Waals surface area (Å²) in [4.78, 5) is 24.5. The minimum absolute atomic E-state index is 0.0847. The van der Waals surface area contributed by atoms with Gasteiger partial charge in [-0.05, 0) is 43.7 Å². The lowest BCUT2D eigenvalue weighted by Gasteiger charge is -2.17. The van der Waals surface area contributed by atoms with Gasteiger partial charge in [0.15, 0.2) is 5.16 Å². The normalized spacial score (nSPS) is 16.4. The number of nitrogens with one attached hydrogen (secondary N) is 2. The van der Waals surface area contributed by atoms with Crippen molar-refractivity contribution in [2.75, 3.05) is 5.32 Å². The second-order valence-corrected chi connectivity index (χ2v) is 7.87. The van der Waals surface area contributed by atoms with E-state index in [-0.39, 0.29) is 22.9 Å². The maximum atomic E-state index is 12.6. The number of H-pyrrole nitrogens is 1. The van der Waals surface area contributed by atoms with Crippen molar-refractivity contribution in [2.45, 2.75) is 62.4 Å². The average Bonchev–Trinajstić information content (AvgIpc) is 3.38. The third-order valence-electron chi connectivity index (χ3n) is 4.60. The SMILES string of the molecule is CC[C@H](C)c1ccccc1NC(=O)[C@@H](C)Sc1n[nH]c(=O)n1C1CC1. The molecule has 1 fully saturated rings. The quantitative estimate of drug-likeness (QED) is 0.740. The van der Waals surface area contributed by atoms with Crippen LogP contribution in [0.2, 0.25) is 0 Å². The largest absolute Gasteiger partial charge is 0.344 e. The van der Waals surface area contributed by atoms with Crippen LogP contribution in [0.5, 0.6) is 0 Å². The lowest BCUT2D eigenvalue weighted by atomic mass is 9.97. The van der Waals surface area contributed by atoms with Gasteiger partial charge >= 0.3 is 5.69 Å². The van der Waals surface area contributed by atoms with E-state index in [0.29, 0.717) is 11.1 Å². The highest BCUT2D eigenvalue weighted by molar-refractivity contribution is 8.00. The van der Waals surface area contributed by atoms with E-state index in [4.69, 9.17) is 0 Å². The molecule has 0 radical (unpaired) electrons. The maximum Gasteiger partial charge on any atom is 0.344 e. The molecule has 1 saturated carbocycles. The molecule has 0 unspecified atom stereocenters. The highest BCUT2D eigenvalue weighted by Crippen LogP contribution is 2.37. The Hall–Kier alpha value is -2.02. The molecular formula is C18H24N4O2S. The van der Waals surface area contributed by atoms with Crippen molar-refractivity contribution in [3.05, 3.63) is 40.3 Å². The van der Waals surface area contributed by atoms with Gasteiger partial charge in [0.25, 0.3) is 0 Å². The highest BCUT2D eigenvalue weighted by atomic mass is 32.2. The van der Waals surface area contributed by atoms with Crippen molar-refractivity contribution >= 4 is 23.4 Å². The Labute approximate surface area is 151 Å². The van der Waals surface area contributed by atoms with E-state index in [1.54, 1.807) is 4.57 Å². The van der Waals surface area contributed by atoms with Crippen LogP contribution in [0.4, 0.5) is 5.69 Å². The molecule has 25 heavy (non-hydrogen) atoms. The summed E-state index contributed by atoms with van der Waals surface area (Å²) in [6.45, 7) is 6.12. The molecular weight excluding hydrogens is 336 g/mol. The van der Waals surface area contributed by atoms with Gasteiger partial charge in [0.1, 0.15) is 0 Å². The summed E-state index contributed by atoms with van der Waals surface area (Å²) in [5, 5.41) is 9.83. The number of thioether (sulfide) groups is 1. The smallest absolute Gasteiger partial charge is 0.325 e. The first-order valence-electron chi connectivity index (χ1n) is 8.74. The van der Waals surface area contributed by atoms with E-state index < -0.39 is 0 Å². The minimum Gasteiger partial charge on any atom is -0.325 e. The molecule has 0 bridgehead atoms. The van der Waals surface area contributed by atoms with Gasteiger partial charge in [-0.2, -0.15) is 0 Å². The number of aromatic nitrogens is 3. The zero-order valence-electron chi connectivity index (χ0n) is 14.8. The summed E-state index contributed by atoms with van der Waals surface area (Å²) in [6.07, 6.45) is 3.00. The summed E-state index contributed by atoms with van der Waals surface area (Å²) in [5.41, 5.74) is 1.81. The first-order valence-corrected chi connectivity index (χ1v) is 9.62. The first kappa shape index (κ1) is 17.8. The molecule has 1 amide bonds. The van der Waals surface area contributed by atoms with Crippen LogP contribution in [0.3, 0.4) is 0 Å². The fourth-order valence-electron chi connectivity index (χ4n) is 2.73. The Kier molecular flexibility index (Phi) is 5.32. The zero-order valence-corrected chi connectivity index (χ0v) is 15.6. The number of aromatic amines is 1. The molecule has 2 N–H and O–H groups in total. The van der Waals surface area contributed by atoms with Crippen LogP contribution in [0.25, 0.3) is 0 Å². The standard InChI is InChI=1S/C18H24N4O2S/c1-4-11(2)14-7-5-6-8-15(14)19-16(23)12(3)25-18-21-20-17(24)22(18)13-9-10-13/h5-8,11-13H,4,9-10H2,1-3H3,(H,19,23)(H,20,24)/t11-,12+/m0/s1. The Morgan fingerprint density at radius 3 is 2.80 bits per heavy atom. The van der Waals surface area contributed by atoms with Gasteiger partial charge in [0.05, 0.1) is 5.25 Å². The van der Waals surface area contributed by atoms with Gasteiger partial charge < -0.3 is 5.32 Å². The van der Waals surface area contributed by atoms with E-state index in [9.17, 15) is 9.59 Å². The number of nitrogens with zero attached hydrogens (tertiary/aromatic N) is 2. The number of anilines is 1. The minimum atomic E-state index is -0.349. The molecule has 0 aliphatic heterocycles. The maximum absolute atomic E-state index is 12.6.